The molecule has 1 fully saturated rings. The van der Waals surface area contributed by atoms with Crippen LogP contribution in [0.15, 0.2) is 4.99 Å². The Bertz CT molecular complexity index is 218. The van der Waals surface area contributed by atoms with Crippen LogP contribution in [-0.4, -0.2) is 50.7 Å². The molecule has 6 heteroatoms. The molecule has 0 bridgehead atoms. The van der Waals surface area contributed by atoms with E-state index in [0.29, 0.717) is 12.7 Å². The van der Waals surface area contributed by atoms with E-state index in [-0.39, 0.29) is 12.4 Å². The van der Waals surface area contributed by atoms with Gasteiger partial charge in [-0.15, -0.1) is 0 Å². The van der Waals surface area contributed by atoms with Crippen molar-refractivity contribution in [2.24, 2.45) is 10.8 Å². The van der Waals surface area contributed by atoms with E-state index >= 15 is 0 Å². The lowest BCUT2D eigenvalue weighted by Crippen LogP contribution is -3.00. The Morgan fingerprint density at radius 3 is 2.29 bits per heavy atom. The van der Waals surface area contributed by atoms with Crippen molar-refractivity contribution >= 4 is 6.34 Å². The van der Waals surface area contributed by atoms with Gasteiger partial charge in [0.2, 0.25) is 0 Å². The lowest BCUT2D eigenvalue weighted by Gasteiger charge is -2.38. The van der Waals surface area contributed by atoms with Crippen molar-refractivity contribution in [2.45, 2.75) is 37.8 Å². The molecule has 0 aromatic rings. The maximum atomic E-state index is 5.12. The van der Waals surface area contributed by atoms with Gasteiger partial charge in [0.15, 0.2) is 0 Å². The molecule has 0 spiro atoms. The molecule has 4 N–H and O–H groups in total. The van der Waals surface area contributed by atoms with Crippen molar-refractivity contribution in [3.8, 4) is 0 Å². The zero-order valence-corrected chi connectivity index (χ0v) is 11.9. The first-order valence-electron chi connectivity index (χ1n) is 6.03. The normalized spacial score (nSPS) is 25.6. The topological polar surface area (TPSA) is 62.4 Å². The zero-order chi connectivity index (χ0) is 12.0. The van der Waals surface area contributed by atoms with E-state index < -0.39 is 0 Å². The number of rotatable bonds is 5. The van der Waals surface area contributed by atoms with E-state index in [0.717, 1.165) is 10.5 Å². The van der Waals surface area contributed by atoms with Gasteiger partial charge in [0, 0.05) is 18.9 Å². The lowest BCUT2D eigenvalue weighted by molar-refractivity contribution is -0.897. The largest absolute Gasteiger partial charge is 1.00 e. The number of nitrogens with two attached hydrogens (primary N) is 1. The third-order valence-electron chi connectivity index (χ3n) is 3.38. The van der Waals surface area contributed by atoms with Crippen LogP contribution in [0, 0.1) is 0 Å². The molecule has 0 aromatic carbocycles. The van der Waals surface area contributed by atoms with Crippen molar-refractivity contribution in [3.05, 3.63) is 0 Å². The molecule has 1 saturated carbocycles. The highest BCUT2D eigenvalue weighted by Gasteiger charge is 2.29. The summed E-state index contributed by atoms with van der Waals surface area (Å²) < 4.78 is 1.08. The Balaban J connectivity index is 0.00000256. The summed E-state index contributed by atoms with van der Waals surface area (Å²) in [5.74, 6) is 5.12. The molecule has 5 nitrogen and oxygen atoms in total. The van der Waals surface area contributed by atoms with Crippen LogP contribution in [0.2, 0.25) is 0 Å². The highest BCUT2D eigenvalue weighted by atomic mass is 35.5. The molecule has 0 aliphatic heterocycles. The Labute approximate surface area is 111 Å². The Morgan fingerprint density at radius 1 is 1.24 bits per heavy atom. The summed E-state index contributed by atoms with van der Waals surface area (Å²) in [5, 5.41) is 3.33. The second kappa shape index (κ2) is 7.87. The maximum absolute atomic E-state index is 5.12. The van der Waals surface area contributed by atoms with Crippen LogP contribution in [0.1, 0.15) is 25.7 Å². The first kappa shape index (κ1) is 16.6. The van der Waals surface area contributed by atoms with E-state index in [1.807, 2.05) is 0 Å². The average Bonchev–Trinajstić information content (AvgIpc) is 2.24. The highest BCUT2D eigenvalue weighted by molar-refractivity contribution is 5.54. The van der Waals surface area contributed by atoms with Crippen molar-refractivity contribution < 1.29 is 16.9 Å². The summed E-state index contributed by atoms with van der Waals surface area (Å²) in [6.07, 6.45) is 6.84. The van der Waals surface area contributed by atoms with E-state index in [9.17, 15) is 0 Å². The summed E-state index contributed by atoms with van der Waals surface area (Å²) >= 11 is 0. The quantitative estimate of drug-likeness (QED) is 0.163. The van der Waals surface area contributed by atoms with Gasteiger partial charge in [0.25, 0.3) is 0 Å². The number of halogens is 1. The molecular formula is C11H26ClN5. The summed E-state index contributed by atoms with van der Waals surface area (Å²) in [7, 11) is 6.85. The molecule has 0 saturated heterocycles. The van der Waals surface area contributed by atoms with Gasteiger partial charge < -0.3 is 22.2 Å². The molecular weight excluding hydrogens is 238 g/mol. The lowest BCUT2D eigenvalue weighted by atomic mass is 9.90. The van der Waals surface area contributed by atoms with E-state index in [1.165, 1.54) is 25.7 Å². The fourth-order valence-electron chi connectivity index (χ4n) is 2.27. The molecule has 1 rings (SSSR count). The monoisotopic (exact) mass is 263 g/mol. The maximum Gasteiger partial charge on any atom is 0.102 e. The fourth-order valence-corrected chi connectivity index (χ4v) is 2.27. The van der Waals surface area contributed by atoms with Crippen LogP contribution in [0.5, 0.6) is 0 Å². The number of hydrazine groups is 1. The van der Waals surface area contributed by atoms with Crippen LogP contribution in [-0.2, 0) is 0 Å². The Hall–Kier alpha value is -0.360. The van der Waals surface area contributed by atoms with Crippen LogP contribution < -0.4 is 29.0 Å². The number of hydrogen-bond donors (Lipinski definition) is 3. The number of hydrogen-bond acceptors (Lipinski definition) is 3. The van der Waals surface area contributed by atoms with Crippen LogP contribution in [0.4, 0.5) is 0 Å². The van der Waals surface area contributed by atoms with E-state index in [4.69, 9.17) is 5.84 Å². The van der Waals surface area contributed by atoms with Gasteiger partial charge in [0.05, 0.1) is 33.5 Å². The molecule has 0 aromatic heterocycles. The zero-order valence-electron chi connectivity index (χ0n) is 11.1. The third-order valence-corrected chi connectivity index (χ3v) is 3.38. The van der Waals surface area contributed by atoms with Gasteiger partial charge in [-0.05, 0) is 12.8 Å². The molecule has 102 valence electrons. The minimum atomic E-state index is 0. The predicted octanol–water partition coefficient (Wildman–Crippen LogP) is -2.95. The smallest absolute Gasteiger partial charge is 0.102 e. The van der Waals surface area contributed by atoms with Gasteiger partial charge >= 0.3 is 0 Å². The van der Waals surface area contributed by atoms with Gasteiger partial charge in [-0.2, -0.15) is 0 Å². The molecule has 0 amide bonds. The summed E-state index contributed by atoms with van der Waals surface area (Å²) in [6, 6.07) is 1.39. The van der Waals surface area contributed by atoms with Crippen LogP contribution >= 0.6 is 0 Å². The van der Waals surface area contributed by atoms with Gasteiger partial charge in [0.1, 0.15) is 6.67 Å². The minimum Gasteiger partial charge on any atom is -1.00 e. The van der Waals surface area contributed by atoms with Gasteiger partial charge in [-0.3, -0.25) is 10.8 Å². The molecule has 0 unspecified atom stereocenters. The van der Waals surface area contributed by atoms with E-state index in [2.05, 4.69) is 36.9 Å². The van der Waals surface area contributed by atoms with E-state index in [1.54, 1.807) is 6.34 Å². The van der Waals surface area contributed by atoms with Crippen molar-refractivity contribution in [3.63, 3.8) is 0 Å². The average molecular weight is 264 g/mol. The van der Waals surface area contributed by atoms with Gasteiger partial charge in [-0.25, -0.2) is 5.43 Å². The Morgan fingerprint density at radius 2 is 1.82 bits per heavy atom. The predicted molar refractivity (Wildman–Crippen MR) is 67.9 cm³/mol. The number of aliphatic imine (C=N–C) groups is 1. The highest BCUT2D eigenvalue weighted by Crippen LogP contribution is 2.24. The molecule has 17 heavy (non-hydrogen) atoms. The second-order valence-corrected chi connectivity index (χ2v) is 5.46. The molecule has 0 radical (unpaired) electrons. The molecule has 0 atom stereocenters. The third kappa shape index (κ3) is 6.21. The van der Waals surface area contributed by atoms with Crippen molar-refractivity contribution in [1.82, 2.24) is 10.7 Å². The van der Waals surface area contributed by atoms with Crippen molar-refractivity contribution in [1.29, 1.82) is 0 Å². The number of quaternary nitrogens is 1. The standard InChI is InChI=1S/C11H26N5.ClH/c1-16(2,3)11-6-4-10(5-7-11)14-8-13-9-15-12;/h8,10-11,15H,4-7,9,12H2,1-3H3,(H,13,14);1H/q+1;/p-1/t10-,11-;. The van der Waals surface area contributed by atoms with Gasteiger partial charge in [-0.1, -0.05) is 0 Å². The molecule has 0 heterocycles. The summed E-state index contributed by atoms with van der Waals surface area (Å²) in [5.41, 5.74) is 2.49. The number of nitrogens with one attached hydrogen (secondary N) is 2. The molecule has 1 aliphatic rings. The van der Waals surface area contributed by atoms with Crippen LogP contribution in [0.3, 0.4) is 0 Å². The summed E-state index contributed by atoms with van der Waals surface area (Å²) in [4.78, 5) is 4.08. The number of nitrogens with zero attached hydrogens (tertiary/aromatic N) is 2. The first-order chi connectivity index (χ1) is 7.54. The second-order valence-electron chi connectivity index (χ2n) is 5.46. The van der Waals surface area contributed by atoms with Crippen LogP contribution in [0.25, 0.3) is 0 Å². The minimum absolute atomic E-state index is 0. The Kier molecular flexibility index (Phi) is 7.70. The SMILES string of the molecule is C[N+](C)(C)[C@H]1CC[C@H](NC=NCNN)CC1.[Cl-]. The van der Waals surface area contributed by atoms with Crippen molar-refractivity contribution in [2.75, 3.05) is 27.8 Å². The fraction of sp³-hybridized carbons (Fsp3) is 0.909. The molecule has 1 aliphatic carbocycles. The summed E-state index contributed by atoms with van der Waals surface area (Å²) in [6.45, 7) is 0.473. The first-order valence-corrected chi connectivity index (χ1v) is 6.03.